The van der Waals surface area contributed by atoms with Gasteiger partial charge < -0.3 is 10.8 Å². The van der Waals surface area contributed by atoms with E-state index in [1.807, 2.05) is 18.2 Å². The lowest BCUT2D eigenvalue weighted by Crippen LogP contribution is -2.01. The highest BCUT2D eigenvalue weighted by Crippen LogP contribution is 2.30. The Labute approximate surface area is 128 Å². The van der Waals surface area contributed by atoms with Crippen molar-refractivity contribution in [2.24, 2.45) is 5.73 Å². The summed E-state index contributed by atoms with van der Waals surface area (Å²) in [7, 11) is 0. The van der Waals surface area contributed by atoms with Gasteiger partial charge >= 0.3 is 0 Å². The topological polar surface area (TPSA) is 59.1 Å². The second kappa shape index (κ2) is 5.84. The van der Waals surface area contributed by atoms with E-state index < -0.39 is 0 Å². The summed E-state index contributed by atoms with van der Waals surface area (Å²) < 4.78 is 0. The van der Waals surface area contributed by atoms with Crippen molar-refractivity contribution in [1.29, 1.82) is 0 Å². The smallest absolute Gasteiger partial charge is 0.123 e. The summed E-state index contributed by atoms with van der Waals surface area (Å²) in [6.07, 6.45) is 1.68. The first-order chi connectivity index (χ1) is 10.2. The van der Waals surface area contributed by atoms with Crippen molar-refractivity contribution >= 4 is 22.1 Å². The highest BCUT2D eigenvalue weighted by atomic mass is 32.1. The molecule has 0 atom stereocenters. The molecule has 0 aliphatic heterocycles. The molecule has 1 aromatic heterocycles. The Morgan fingerprint density at radius 2 is 1.90 bits per heavy atom. The van der Waals surface area contributed by atoms with E-state index in [0.717, 1.165) is 34.3 Å². The molecule has 3 rings (SSSR count). The molecule has 0 fully saturated rings. The predicted molar refractivity (Wildman–Crippen MR) is 88.0 cm³/mol. The number of phenols is 1. The summed E-state index contributed by atoms with van der Waals surface area (Å²) in [5.41, 5.74) is 7.90. The molecule has 3 nitrogen and oxygen atoms in total. The Bertz CT molecular complexity index is 780. The number of aryl methyl sites for hydroxylation is 1. The zero-order valence-electron chi connectivity index (χ0n) is 12.0. The predicted octanol–water partition coefficient (Wildman–Crippen LogP) is 3.40. The van der Waals surface area contributed by atoms with Crippen LogP contribution in [0.5, 0.6) is 5.75 Å². The number of aromatic nitrogens is 1. The Morgan fingerprint density at radius 1 is 1.14 bits per heavy atom. The van der Waals surface area contributed by atoms with E-state index in [2.05, 4.69) is 24.0 Å². The van der Waals surface area contributed by atoms with Crippen LogP contribution >= 0.6 is 11.3 Å². The molecule has 0 spiro atoms. The van der Waals surface area contributed by atoms with E-state index >= 15 is 0 Å². The molecule has 21 heavy (non-hydrogen) atoms. The summed E-state index contributed by atoms with van der Waals surface area (Å²) in [5, 5.41) is 13.1. The van der Waals surface area contributed by atoms with Gasteiger partial charge in [0.1, 0.15) is 5.75 Å². The zero-order chi connectivity index (χ0) is 14.8. The van der Waals surface area contributed by atoms with Crippen molar-refractivity contribution in [2.45, 2.75) is 19.8 Å². The molecule has 3 aromatic rings. The minimum atomic E-state index is 0.333. The van der Waals surface area contributed by atoms with Crippen LogP contribution in [0.2, 0.25) is 0 Å². The van der Waals surface area contributed by atoms with E-state index in [1.54, 1.807) is 17.4 Å². The summed E-state index contributed by atoms with van der Waals surface area (Å²) in [6, 6.07) is 11.7. The highest BCUT2D eigenvalue weighted by Gasteiger charge is 2.10. The molecule has 3 N–H and O–H groups in total. The van der Waals surface area contributed by atoms with Gasteiger partial charge in [-0.2, -0.15) is 0 Å². The van der Waals surface area contributed by atoms with Crippen molar-refractivity contribution < 1.29 is 5.11 Å². The average molecular weight is 298 g/mol. The molecular weight excluding hydrogens is 280 g/mol. The van der Waals surface area contributed by atoms with Gasteiger partial charge in [-0.3, -0.25) is 0 Å². The summed E-state index contributed by atoms with van der Waals surface area (Å²) >= 11 is 1.74. The molecule has 4 heteroatoms. The fourth-order valence-electron chi connectivity index (χ4n) is 2.57. The molecule has 0 aliphatic carbocycles. The number of hydrogen-bond acceptors (Lipinski definition) is 4. The molecule has 0 unspecified atom stereocenters. The summed E-state index contributed by atoms with van der Waals surface area (Å²) in [4.78, 5) is 5.86. The minimum Gasteiger partial charge on any atom is -0.507 e. The third-order valence-corrected chi connectivity index (χ3v) is 4.85. The van der Waals surface area contributed by atoms with Crippen molar-refractivity contribution in [3.8, 4) is 5.75 Å². The standard InChI is InChI=1S/C17H18N2OS/c1-11-16(21-17(19-11)8-9-18)10-12-4-2-6-14-13(12)5-3-7-15(14)20/h2-7,20H,8-10,18H2,1H3. The second-order valence-electron chi connectivity index (χ2n) is 5.12. The van der Waals surface area contributed by atoms with Gasteiger partial charge in [0.25, 0.3) is 0 Å². The molecule has 1 heterocycles. The first kappa shape index (κ1) is 14.0. The third kappa shape index (κ3) is 2.77. The summed E-state index contributed by atoms with van der Waals surface area (Å²) in [5.74, 6) is 0.333. The van der Waals surface area contributed by atoms with Gasteiger partial charge in [-0.25, -0.2) is 4.98 Å². The zero-order valence-corrected chi connectivity index (χ0v) is 12.8. The van der Waals surface area contributed by atoms with Crippen LogP contribution in [0.3, 0.4) is 0 Å². The SMILES string of the molecule is Cc1nc(CCN)sc1Cc1cccc2c(O)cccc12. The van der Waals surface area contributed by atoms with Crippen molar-refractivity contribution in [3.05, 3.63) is 57.5 Å². The monoisotopic (exact) mass is 298 g/mol. The van der Waals surface area contributed by atoms with Crippen molar-refractivity contribution in [1.82, 2.24) is 4.98 Å². The van der Waals surface area contributed by atoms with Gasteiger partial charge in [0.15, 0.2) is 0 Å². The van der Waals surface area contributed by atoms with Crippen LogP contribution in [-0.2, 0) is 12.8 Å². The third-order valence-electron chi connectivity index (χ3n) is 3.64. The van der Waals surface area contributed by atoms with Crippen molar-refractivity contribution in [2.75, 3.05) is 6.54 Å². The molecule has 0 amide bonds. The second-order valence-corrected chi connectivity index (χ2v) is 6.29. The highest BCUT2D eigenvalue weighted by molar-refractivity contribution is 7.11. The van der Waals surface area contributed by atoms with Gasteiger partial charge in [0.2, 0.25) is 0 Å². The number of nitrogens with zero attached hydrogens (tertiary/aromatic N) is 1. The Hall–Kier alpha value is -1.91. The maximum absolute atomic E-state index is 9.97. The Balaban J connectivity index is 2.00. The fourth-order valence-corrected chi connectivity index (χ4v) is 3.68. The number of thiazole rings is 1. The molecule has 2 aromatic carbocycles. The fraction of sp³-hybridized carbons (Fsp3) is 0.235. The maximum atomic E-state index is 9.97. The van der Waals surface area contributed by atoms with Crippen LogP contribution in [0.15, 0.2) is 36.4 Å². The number of nitrogens with two attached hydrogens (primary N) is 1. The van der Waals surface area contributed by atoms with E-state index in [1.165, 1.54) is 10.4 Å². The largest absolute Gasteiger partial charge is 0.507 e. The Kier molecular flexibility index (Phi) is 3.90. The van der Waals surface area contributed by atoms with E-state index in [4.69, 9.17) is 5.73 Å². The molecule has 0 bridgehead atoms. The van der Waals surface area contributed by atoms with Gasteiger partial charge in [-0.1, -0.05) is 30.3 Å². The number of fused-ring (bicyclic) bond motifs is 1. The molecular formula is C17H18N2OS. The first-order valence-electron chi connectivity index (χ1n) is 7.04. The van der Waals surface area contributed by atoms with Crippen LogP contribution in [0, 0.1) is 6.92 Å². The molecule has 0 saturated heterocycles. The maximum Gasteiger partial charge on any atom is 0.123 e. The van der Waals surface area contributed by atoms with E-state index in [9.17, 15) is 5.11 Å². The normalized spacial score (nSPS) is 11.1. The minimum absolute atomic E-state index is 0.333. The molecule has 108 valence electrons. The molecule has 0 aliphatic rings. The lowest BCUT2D eigenvalue weighted by atomic mass is 10.0. The quantitative estimate of drug-likeness (QED) is 0.776. The summed E-state index contributed by atoms with van der Waals surface area (Å²) in [6.45, 7) is 2.68. The van der Waals surface area contributed by atoms with Crippen LogP contribution in [0.4, 0.5) is 0 Å². The van der Waals surface area contributed by atoms with Gasteiger partial charge in [0.05, 0.1) is 10.7 Å². The number of benzene rings is 2. The number of rotatable bonds is 4. The Morgan fingerprint density at radius 3 is 2.71 bits per heavy atom. The van der Waals surface area contributed by atoms with Gasteiger partial charge in [-0.05, 0) is 30.5 Å². The van der Waals surface area contributed by atoms with Crippen LogP contribution in [0.25, 0.3) is 10.8 Å². The van der Waals surface area contributed by atoms with Crippen molar-refractivity contribution in [3.63, 3.8) is 0 Å². The van der Waals surface area contributed by atoms with Gasteiger partial charge in [-0.15, -0.1) is 11.3 Å². The van der Waals surface area contributed by atoms with E-state index in [-0.39, 0.29) is 0 Å². The number of phenolic OH excluding ortho intramolecular Hbond substituents is 1. The van der Waals surface area contributed by atoms with Gasteiger partial charge in [0, 0.05) is 23.1 Å². The van der Waals surface area contributed by atoms with Crippen LogP contribution < -0.4 is 5.73 Å². The lowest BCUT2D eigenvalue weighted by molar-refractivity contribution is 0.481. The first-order valence-corrected chi connectivity index (χ1v) is 7.85. The average Bonchev–Trinajstić information content (AvgIpc) is 2.81. The van der Waals surface area contributed by atoms with Crippen LogP contribution in [0.1, 0.15) is 21.1 Å². The lowest BCUT2D eigenvalue weighted by Gasteiger charge is -2.07. The number of aromatic hydroxyl groups is 1. The molecule has 0 saturated carbocycles. The van der Waals surface area contributed by atoms with E-state index in [0.29, 0.717) is 12.3 Å². The molecule has 0 radical (unpaired) electrons. The van der Waals surface area contributed by atoms with Crippen LogP contribution in [-0.4, -0.2) is 16.6 Å². The number of hydrogen-bond donors (Lipinski definition) is 2.